The summed E-state index contributed by atoms with van der Waals surface area (Å²) in [5.41, 5.74) is 1.27. The van der Waals surface area contributed by atoms with E-state index in [9.17, 15) is 9.90 Å². The summed E-state index contributed by atoms with van der Waals surface area (Å²) in [6.07, 6.45) is 4.08. The van der Waals surface area contributed by atoms with E-state index in [0.29, 0.717) is 5.92 Å². The minimum absolute atomic E-state index is 0.180. The van der Waals surface area contributed by atoms with Gasteiger partial charge >= 0.3 is 5.97 Å². The largest absolute Gasteiger partial charge is 0.481 e. The normalized spacial score (nSPS) is 23.9. The third kappa shape index (κ3) is 2.80. The number of carboxylic acids is 1. The average molecular weight is 282 g/mol. The van der Waals surface area contributed by atoms with Crippen LogP contribution < -0.4 is 0 Å². The van der Waals surface area contributed by atoms with Crippen molar-refractivity contribution in [2.75, 3.05) is 0 Å². The van der Waals surface area contributed by atoms with Gasteiger partial charge in [0.05, 0.1) is 5.92 Å². The predicted molar refractivity (Wildman–Crippen MR) is 85.4 cm³/mol. The molecule has 0 unspecified atom stereocenters. The Morgan fingerprint density at radius 3 is 2.57 bits per heavy atom. The summed E-state index contributed by atoms with van der Waals surface area (Å²) in [6.45, 7) is 2.19. The SMILES string of the molecule is C[C@@H](c1ccc2ccccc2c1)[C@H]1CCCC[C@@H]1C(=O)O. The van der Waals surface area contributed by atoms with Crippen LogP contribution in [0.15, 0.2) is 42.5 Å². The zero-order valence-electron chi connectivity index (χ0n) is 12.5. The Labute approximate surface area is 125 Å². The molecule has 0 radical (unpaired) electrons. The van der Waals surface area contributed by atoms with Crippen molar-refractivity contribution < 1.29 is 9.90 Å². The molecule has 1 saturated carbocycles. The molecule has 2 aromatic rings. The molecular formula is C19H22O2. The molecule has 0 amide bonds. The molecule has 3 rings (SSSR count). The van der Waals surface area contributed by atoms with E-state index in [2.05, 4.69) is 43.3 Å². The molecule has 0 aliphatic heterocycles. The molecule has 2 heteroatoms. The standard InChI is InChI=1S/C19H22O2/c1-13(17-8-4-5-9-18(17)19(20)21)15-11-10-14-6-2-3-7-16(14)12-15/h2-3,6-7,10-13,17-18H,4-5,8-9H2,1H3,(H,20,21)/t13-,17+,18-/m0/s1. The zero-order chi connectivity index (χ0) is 14.8. The van der Waals surface area contributed by atoms with Crippen LogP contribution in [0.3, 0.4) is 0 Å². The van der Waals surface area contributed by atoms with Crippen LogP contribution in [0.4, 0.5) is 0 Å². The van der Waals surface area contributed by atoms with E-state index in [1.165, 1.54) is 16.3 Å². The predicted octanol–water partition coefficient (Wildman–Crippen LogP) is 4.83. The number of aliphatic carboxylic acids is 1. The molecule has 0 saturated heterocycles. The Bertz CT molecular complexity index is 647. The molecule has 0 aromatic heterocycles. The van der Waals surface area contributed by atoms with E-state index >= 15 is 0 Å². The smallest absolute Gasteiger partial charge is 0.306 e. The Balaban J connectivity index is 1.91. The molecule has 1 fully saturated rings. The first-order valence-electron chi connectivity index (χ1n) is 7.88. The summed E-state index contributed by atoms with van der Waals surface area (Å²) in [6, 6.07) is 14.9. The van der Waals surface area contributed by atoms with Gasteiger partial charge in [-0.25, -0.2) is 0 Å². The van der Waals surface area contributed by atoms with Gasteiger partial charge in [-0.15, -0.1) is 0 Å². The van der Waals surface area contributed by atoms with Crippen LogP contribution in [-0.4, -0.2) is 11.1 Å². The maximum absolute atomic E-state index is 11.5. The van der Waals surface area contributed by atoms with Crippen LogP contribution in [0.1, 0.15) is 44.1 Å². The van der Waals surface area contributed by atoms with E-state index in [4.69, 9.17) is 0 Å². The summed E-state index contributed by atoms with van der Waals surface area (Å²) in [7, 11) is 0. The van der Waals surface area contributed by atoms with Crippen LogP contribution >= 0.6 is 0 Å². The highest BCUT2D eigenvalue weighted by Crippen LogP contribution is 2.40. The first-order chi connectivity index (χ1) is 10.2. The molecule has 0 spiro atoms. The van der Waals surface area contributed by atoms with Crippen LogP contribution in [-0.2, 0) is 4.79 Å². The highest BCUT2D eigenvalue weighted by atomic mass is 16.4. The van der Waals surface area contributed by atoms with Gasteiger partial charge in [0.1, 0.15) is 0 Å². The lowest BCUT2D eigenvalue weighted by atomic mass is 9.71. The first kappa shape index (κ1) is 14.1. The van der Waals surface area contributed by atoms with E-state index < -0.39 is 5.97 Å². The number of carbonyl (C=O) groups is 1. The monoisotopic (exact) mass is 282 g/mol. The van der Waals surface area contributed by atoms with Crippen molar-refractivity contribution >= 4 is 16.7 Å². The second kappa shape index (κ2) is 5.88. The molecule has 1 aliphatic rings. The van der Waals surface area contributed by atoms with Gasteiger partial charge < -0.3 is 5.11 Å². The van der Waals surface area contributed by atoms with Crippen molar-refractivity contribution in [3.05, 3.63) is 48.0 Å². The Kier molecular flexibility index (Phi) is 3.96. The molecule has 2 nitrogen and oxygen atoms in total. The van der Waals surface area contributed by atoms with Crippen molar-refractivity contribution in [3.8, 4) is 0 Å². The summed E-state index contributed by atoms with van der Waals surface area (Å²) in [5, 5.41) is 12.0. The van der Waals surface area contributed by atoms with E-state index in [0.717, 1.165) is 25.7 Å². The molecule has 110 valence electrons. The number of rotatable bonds is 3. The van der Waals surface area contributed by atoms with E-state index in [1.54, 1.807) is 0 Å². The second-order valence-electron chi connectivity index (χ2n) is 6.29. The molecule has 21 heavy (non-hydrogen) atoms. The van der Waals surface area contributed by atoms with Crippen molar-refractivity contribution in [2.24, 2.45) is 11.8 Å². The Hall–Kier alpha value is -1.83. The lowest BCUT2D eigenvalue weighted by Gasteiger charge is -2.33. The van der Waals surface area contributed by atoms with Gasteiger partial charge in [-0.1, -0.05) is 62.2 Å². The summed E-state index contributed by atoms with van der Waals surface area (Å²) < 4.78 is 0. The van der Waals surface area contributed by atoms with E-state index in [-0.39, 0.29) is 11.8 Å². The lowest BCUT2D eigenvalue weighted by molar-refractivity contribution is -0.145. The number of fused-ring (bicyclic) bond motifs is 1. The number of hydrogen-bond donors (Lipinski definition) is 1. The molecule has 2 aromatic carbocycles. The fourth-order valence-corrected chi connectivity index (χ4v) is 3.80. The van der Waals surface area contributed by atoms with Gasteiger partial charge in [0.15, 0.2) is 0 Å². The summed E-state index contributed by atoms with van der Waals surface area (Å²) >= 11 is 0. The highest BCUT2D eigenvalue weighted by Gasteiger charge is 2.34. The number of carboxylic acid groups (broad SMARTS) is 1. The fourth-order valence-electron chi connectivity index (χ4n) is 3.80. The molecule has 3 atom stereocenters. The van der Waals surface area contributed by atoms with E-state index in [1.807, 2.05) is 6.07 Å². The Morgan fingerprint density at radius 1 is 1.10 bits per heavy atom. The average Bonchev–Trinajstić information content (AvgIpc) is 2.53. The molecular weight excluding hydrogens is 260 g/mol. The summed E-state index contributed by atoms with van der Waals surface area (Å²) in [4.78, 5) is 11.5. The van der Waals surface area contributed by atoms with Crippen LogP contribution in [0.5, 0.6) is 0 Å². The van der Waals surface area contributed by atoms with Crippen molar-refractivity contribution in [1.82, 2.24) is 0 Å². The minimum atomic E-state index is -0.618. The fraction of sp³-hybridized carbons (Fsp3) is 0.421. The van der Waals surface area contributed by atoms with Crippen molar-refractivity contribution in [2.45, 2.75) is 38.5 Å². The molecule has 1 aliphatic carbocycles. The second-order valence-corrected chi connectivity index (χ2v) is 6.29. The maximum atomic E-state index is 11.5. The summed E-state index contributed by atoms with van der Waals surface area (Å²) in [5.74, 6) is -0.235. The molecule has 0 heterocycles. The van der Waals surface area contributed by atoms with Crippen LogP contribution in [0.25, 0.3) is 10.8 Å². The Morgan fingerprint density at radius 2 is 1.81 bits per heavy atom. The van der Waals surface area contributed by atoms with Crippen LogP contribution in [0.2, 0.25) is 0 Å². The lowest BCUT2D eigenvalue weighted by Crippen LogP contribution is -2.30. The molecule has 1 N–H and O–H groups in total. The van der Waals surface area contributed by atoms with Gasteiger partial charge in [-0.3, -0.25) is 4.79 Å². The minimum Gasteiger partial charge on any atom is -0.481 e. The topological polar surface area (TPSA) is 37.3 Å². The molecule has 0 bridgehead atoms. The number of benzene rings is 2. The third-order valence-corrected chi connectivity index (χ3v) is 5.08. The number of hydrogen-bond acceptors (Lipinski definition) is 1. The van der Waals surface area contributed by atoms with Gasteiger partial charge in [0.25, 0.3) is 0 Å². The van der Waals surface area contributed by atoms with Gasteiger partial charge in [-0.2, -0.15) is 0 Å². The van der Waals surface area contributed by atoms with Gasteiger partial charge in [0, 0.05) is 0 Å². The zero-order valence-corrected chi connectivity index (χ0v) is 12.5. The van der Waals surface area contributed by atoms with Crippen molar-refractivity contribution in [3.63, 3.8) is 0 Å². The van der Waals surface area contributed by atoms with Crippen molar-refractivity contribution in [1.29, 1.82) is 0 Å². The third-order valence-electron chi connectivity index (χ3n) is 5.08. The first-order valence-corrected chi connectivity index (χ1v) is 7.88. The van der Waals surface area contributed by atoms with Gasteiger partial charge in [0.2, 0.25) is 0 Å². The quantitative estimate of drug-likeness (QED) is 0.875. The van der Waals surface area contributed by atoms with Gasteiger partial charge in [-0.05, 0) is 41.0 Å². The highest BCUT2D eigenvalue weighted by molar-refractivity contribution is 5.83. The van der Waals surface area contributed by atoms with Crippen LogP contribution in [0, 0.1) is 11.8 Å². The maximum Gasteiger partial charge on any atom is 0.306 e.